The summed E-state index contributed by atoms with van der Waals surface area (Å²) in [4.78, 5) is 0. The summed E-state index contributed by atoms with van der Waals surface area (Å²) in [5.41, 5.74) is 4.43. The van der Waals surface area contributed by atoms with Crippen molar-refractivity contribution in [3.05, 3.63) is 35.4 Å². The zero-order valence-electron chi connectivity index (χ0n) is 8.30. The second-order valence-corrected chi connectivity index (χ2v) is 3.34. The van der Waals surface area contributed by atoms with E-state index in [0.29, 0.717) is 0 Å². The standard InChI is InChI=1S/C10H7F5N2/c11-9(12,10(13,14)15)8(17)7-3-1-2-6(4-7)5-16/h1-4,8H,17H2/t8-/m0/s1. The normalized spacial score (nSPS) is 14.2. The molecule has 1 aromatic carbocycles. The van der Waals surface area contributed by atoms with Crippen LogP contribution >= 0.6 is 0 Å². The lowest BCUT2D eigenvalue weighted by Crippen LogP contribution is -2.45. The lowest BCUT2D eigenvalue weighted by molar-refractivity contribution is -0.291. The number of nitrogens with zero attached hydrogens (tertiary/aromatic N) is 1. The maximum Gasteiger partial charge on any atom is 0.455 e. The van der Waals surface area contributed by atoms with Gasteiger partial charge in [-0.2, -0.15) is 27.2 Å². The van der Waals surface area contributed by atoms with Crippen molar-refractivity contribution in [1.82, 2.24) is 0 Å². The van der Waals surface area contributed by atoms with Gasteiger partial charge in [-0.3, -0.25) is 0 Å². The van der Waals surface area contributed by atoms with Crippen molar-refractivity contribution >= 4 is 0 Å². The van der Waals surface area contributed by atoms with Crippen LogP contribution in [0.3, 0.4) is 0 Å². The van der Waals surface area contributed by atoms with Crippen molar-refractivity contribution in [2.75, 3.05) is 0 Å². The molecule has 0 spiro atoms. The topological polar surface area (TPSA) is 49.8 Å². The van der Waals surface area contributed by atoms with Gasteiger partial charge >= 0.3 is 12.1 Å². The molecule has 0 saturated heterocycles. The maximum atomic E-state index is 12.9. The Labute approximate surface area is 93.5 Å². The van der Waals surface area contributed by atoms with E-state index >= 15 is 0 Å². The Kier molecular flexibility index (Phi) is 3.38. The first kappa shape index (κ1) is 13.4. The Morgan fingerprint density at radius 2 is 1.76 bits per heavy atom. The molecule has 2 nitrogen and oxygen atoms in total. The summed E-state index contributed by atoms with van der Waals surface area (Å²) in [5.74, 6) is -5.04. The Morgan fingerprint density at radius 3 is 2.24 bits per heavy atom. The van der Waals surface area contributed by atoms with Crippen molar-refractivity contribution in [3.8, 4) is 6.07 Å². The Hall–Kier alpha value is -1.68. The van der Waals surface area contributed by atoms with Gasteiger partial charge in [0.2, 0.25) is 0 Å². The minimum absolute atomic E-state index is 0.0316. The van der Waals surface area contributed by atoms with Gasteiger partial charge in [0.15, 0.2) is 0 Å². The first-order valence-corrected chi connectivity index (χ1v) is 4.40. The zero-order valence-corrected chi connectivity index (χ0v) is 8.30. The summed E-state index contributed by atoms with van der Waals surface area (Å²) in [5, 5.41) is 8.51. The second kappa shape index (κ2) is 4.30. The molecule has 2 N–H and O–H groups in total. The minimum atomic E-state index is -5.73. The Bertz CT molecular complexity index is 447. The van der Waals surface area contributed by atoms with Crippen LogP contribution in [0.4, 0.5) is 22.0 Å². The van der Waals surface area contributed by atoms with Crippen LogP contribution in [0.1, 0.15) is 17.2 Å². The van der Waals surface area contributed by atoms with E-state index in [9.17, 15) is 22.0 Å². The highest BCUT2D eigenvalue weighted by atomic mass is 19.4. The molecule has 7 heteroatoms. The van der Waals surface area contributed by atoms with Gasteiger partial charge < -0.3 is 5.73 Å². The van der Waals surface area contributed by atoms with Crippen molar-refractivity contribution in [2.45, 2.75) is 18.1 Å². The van der Waals surface area contributed by atoms with E-state index in [-0.39, 0.29) is 5.56 Å². The van der Waals surface area contributed by atoms with Gasteiger partial charge in [0.05, 0.1) is 11.6 Å². The summed E-state index contributed by atoms with van der Waals surface area (Å²) in [6, 6.07) is 3.50. The zero-order chi connectivity index (χ0) is 13.3. The highest BCUT2D eigenvalue weighted by Crippen LogP contribution is 2.43. The van der Waals surface area contributed by atoms with Gasteiger partial charge in [0.25, 0.3) is 0 Å². The average molecular weight is 250 g/mol. The van der Waals surface area contributed by atoms with Crippen LogP contribution in [0, 0.1) is 11.3 Å². The van der Waals surface area contributed by atoms with Crippen LogP contribution in [-0.2, 0) is 0 Å². The van der Waals surface area contributed by atoms with Gasteiger partial charge in [-0.05, 0) is 17.7 Å². The third-order valence-electron chi connectivity index (χ3n) is 2.14. The molecule has 0 saturated carbocycles. The third kappa shape index (κ3) is 2.53. The third-order valence-corrected chi connectivity index (χ3v) is 2.14. The predicted octanol–water partition coefficient (Wildman–Crippen LogP) is 2.76. The molecule has 0 aromatic heterocycles. The SMILES string of the molecule is N#Cc1cccc([C@H](N)C(F)(F)C(F)(F)F)c1. The van der Waals surface area contributed by atoms with Crippen LogP contribution in [0.15, 0.2) is 24.3 Å². The highest BCUT2D eigenvalue weighted by molar-refractivity contribution is 5.35. The smallest absolute Gasteiger partial charge is 0.319 e. The molecule has 1 atom stereocenters. The molecule has 0 radical (unpaired) electrons. The number of benzene rings is 1. The van der Waals surface area contributed by atoms with Crippen LogP contribution in [0.25, 0.3) is 0 Å². The van der Waals surface area contributed by atoms with E-state index in [1.807, 2.05) is 0 Å². The molecule has 92 valence electrons. The van der Waals surface area contributed by atoms with E-state index in [0.717, 1.165) is 12.1 Å². The molecule has 17 heavy (non-hydrogen) atoms. The van der Waals surface area contributed by atoms with Crippen LogP contribution < -0.4 is 5.73 Å². The second-order valence-electron chi connectivity index (χ2n) is 3.34. The van der Waals surface area contributed by atoms with E-state index in [4.69, 9.17) is 11.0 Å². The summed E-state index contributed by atoms with van der Waals surface area (Å²) in [6.45, 7) is 0. The van der Waals surface area contributed by atoms with Gasteiger partial charge in [0.1, 0.15) is 6.04 Å². The Balaban J connectivity index is 3.13. The number of halogens is 5. The molecular weight excluding hydrogens is 243 g/mol. The molecule has 0 aliphatic heterocycles. The van der Waals surface area contributed by atoms with Gasteiger partial charge in [0, 0.05) is 0 Å². The number of hydrogen-bond acceptors (Lipinski definition) is 2. The van der Waals surface area contributed by atoms with Crippen molar-refractivity contribution < 1.29 is 22.0 Å². The lowest BCUT2D eigenvalue weighted by Gasteiger charge is -2.25. The van der Waals surface area contributed by atoms with Crippen LogP contribution in [0.5, 0.6) is 0 Å². The monoisotopic (exact) mass is 250 g/mol. The predicted molar refractivity (Wildman–Crippen MR) is 49.1 cm³/mol. The quantitative estimate of drug-likeness (QED) is 0.820. The molecular formula is C10H7F5N2. The molecule has 0 amide bonds. The van der Waals surface area contributed by atoms with E-state index < -0.39 is 23.7 Å². The summed E-state index contributed by atoms with van der Waals surface area (Å²) < 4.78 is 62.0. The first-order valence-electron chi connectivity index (χ1n) is 4.40. The van der Waals surface area contributed by atoms with Crippen LogP contribution in [-0.4, -0.2) is 12.1 Å². The molecule has 0 aliphatic carbocycles. The summed E-state index contributed by atoms with van der Waals surface area (Å²) in [7, 11) is 0. The summed E-state index contributed by atoms with van der Waals surface area (Å²) >= 11 is 0. The molecule has 0 fully saturated rings. The highest BCUT2D eigenvalue weighted by Gasteiger charge is 2.61. The largest absolute Gasteiger partial charge is 0.455 e. The number of nitrogens with two attached hydrogens (primary N) is 1. The van der Waals surface area contributed by atoms with E-state index in [1.54, 1.807) is 6.07 Å². The molecule has 1 rings (SSSR count). The van der Waals surface area contributed by atoms with Gasteiger partial charge in [-0.1, -0.05) is 12.1 Å². The fraction of sp³-hybridized carbons (Fsp3) is 0.300. The fourth-order valence-electron chi connectivity index (χ4n) is 1.19. The molecule has 0 heterocycles. The van der Waals surface area contributed by atoms with Crippen molar-refractivity contribution in [3.63, 3.8) is 0 Å². The van der Waals surface area contributed by atoms with E-state index in [1.165, 1.54) is 12.1 Å². The molecule has 0 aliphatic rings. The molecule has 0 unspecified atom stereocenters. The minimum Gasteiger partial charge on any atom is -0.319 e. The lowest BCUT2D eigenvalue weighted by atomic mass is 9.99. The van der Waals surface area contributed by atoms with Gasteiger partial charge in [-0.15, -0.1) is 0 Å². The van der Waals surface area contributed by atoms with Crippen LogP contribution in [0.2, 0.25) is 0 Å². The average Bonchev–Trinajstić information content (AvgIpc) is 2.26. The summed E-state index contributed by atoms with van der Waals surface area (Å²) in [6.07, 6.45) is -5.73. The number of alkyl halides is 5. The number of nitriles is 1. The van der Waals surface area contributed by atoms with E-state index in [2.05, 4.69) is 0 Å². The maximum absolute atomic E-state index is 12.9. The molecule has 1 aromatic rings. The van der Waals surface area contributed by atoms with Crippen molar-refractivity contribution in [1.29, 1.82) is 5.26 Å². The first-order chi connectivity index (χ1) is 7.70. The Morgan fingerprint density at radius 1 is 1.18 bits per heavy atom. The fourth-order valence-corrected chi connectivity index (χ4v) is 1.19. The van der Waals surface area contributed by atoms with Gasteiger partial charge in [-0.25, -0.2) is 0 Å². The molecule has 0 bridgehead atoms. The van der Waals surface area contributed by atoms with Crippen molar-refractivity contribution in [2.24, 2.45) is 5.73 Å². The number of rotatable bonds is 2. The number of hydrogen-bond donors (Lipinski definition) is 1.